The molecule has 0 aliphatic carbocycles. The Kier molecular flexibility index (Phi) is 8.19. The Labute approximate surface area is 166 Å². The van der Waals surface area contributed by atoms with E-state index in [-0.39, 0.29) is 6.09 Å². The standard InChI is InChI=1S/C24H39NO2/c1-19(2)22-14-17-25(18-15-22)23(26)27-24(4,5)16-13-20(3)11-12-21-9-7-6-8-10-21/h6-10,19-20,22H,11-18H2,1-5H3/t20-/m1/s1. The summed E-state index contributed by atoms with van der Waals surface area (Å²) in [5.74, 6) is 2.08. The number of carbonyl (C=O) groups excluding carboxylic acids is 1. The molecule has 0 unspecified atom stereocenters. The van der Waals surface area contributed by atoms with Gasteiger partial charge in [0.15, 0.2) is 0 Å². The molecule has 1 aliphatic heterocycles. The van der Waals surface area contributed by atoms with E-state index in [4.69, 9.17) is 4.74 Å². The highest BCUT2D eigenvalue weighted by atomic mass is 16.6. The molecule has 2 rings (SSSR count). The van der Waals surface area contributed by atoms with Crippen LogP contribution in [-0.4, -0.2) is 29.7 Å². The summed E-state index contributed by atoms with van der Waals surface area (Å²) >= 11 is 0. The van der Waals surface area contributed by atoms with Gasteiger partial charge in [-0.05, 0) is 75.7 Å². The van der Waals surface area contributed by atoms with Gasteiger partial charge in [-0.15, -0.1) is 0 Å². The number of benzene rings is 1. The lowest BCUT2D eigenvalue weighted by Crippen LogP contribution is -2.43. The molecule has 0 spiro atoms. The van der Waals surface area contributed by atoms with E-state index < -0.39 is 5.60 Å². The predicted molar refractivity (Wildman–Crippen MR) is 113 cm³/mol. The van der Waals surface area contributed by atoms with E-state index in [9.17, 15) is 4.79 Å². The molecule has 1 atom stereocenters. The monoisotopic (exact) mass is 373 g/mol. The van der Waals surface area contributed by atoms with Crippen LogP contribution >= 0.6 is 0 Å². The molecule has 152 valence electrons. The fourth-order valence-electron chi connectivity index (χ4n) is 3.90. The normalized spacial score (nSPS) is 17.2. The first-order valence-electron chi connectivity index (χ1n) is 10.8. The summed E-state index contributed by atoms with van der Waals surface area (Å²) < 4.78 is 5.87. The fraction of sp³-hybridized carbons (Fsp3) is 0.708. The topological polar surface area (TPSA) is 29.5 Å². The number of nitrogens with zero attached hydrogens (tertiary/aromatic N) is 1. The lowest BCUT2D eigenvalue weighted by molar-refractivity contribution is -0.00140. The number of aryl methyl sites for hydroxylation is 1. The van der Waals surface area contributed by atoms with Crippen molar-refractivity contribution in [3.8, 4) is 0 Å². The first-order valence-corrected chi connectivity index (χ1v) is 10.8. The number of hydrogen-bond donors (Lipinski definition) is 0. The Hall–Kier alpha value is -1.51. The predicted octanol–water partition coefficient (Wildman–Crippen LogP) is 6.32. The molecule has 1 aromatic carbocycles. The van der Waals surface area contributed by atoms with Crippen LogP contribution in [0.3, 0.4) is 0 Å². The van der Waals surface area contributed by atoms with Crippen LogP contribution < -0.4 is 0 Å². The van der Waals surface area contributed by atoms with Crippen LogP contribution in [0.25, 0.3) is 0 Å². The second kappa shape index (κ2) is 10.1. The zero-order valence-electron chi connectivity index (χ0n) is 18.0. The molecule has 3 nitrogen and oxygen atoms in total. The molecule has 3 heteroatoms. The van der Waals surface area contributed by atoms with Crippen LogP contribution in [0.5, 0.6) is 0 Å². The zero-order valence-corrected chi connectivity index (χ0v) is 18.0. The van der Waals surface area contributed by atoms with Gasteiger partial charge in [0.1, 0.15) is 5.60 Å². The van der Waals surface area contributed by atoms with Gasteiger partial charge in [0.2, 0.25) is 0 Å². The summed E-state index contributed by atoms with van der Waals surface area (Å²) in [5, 5.41) is 0. The summed E-state index contributed by atoms with van der Waals surface area (Å²) in [5.41, 5.74) is 1.01. The van der Waals surface area contributed by atoms with Crippen LogP contribution in [0, 0.1) is 17.8 Å². The van der Waals surface area contributed by atoms with Gasteiger partial charge in [-0.1, -0.05) is 51.1 Å². The minimum absolute atomic E-state index is 0.126. The lowest BCUT2D eigenvalue weighted by atomic mass is 9.87. The van der Waals surface area contributed by atoms with Crippen LogP contribution in [0.2, 0.25) is 0 Å². The number of rotatable bonds is 8. The van der Waals surface area contributed by atoms with Gasteiger partial charge in [-0.3, -0.25) is 0 Å². The molecule has 0 radical (unpaired) electrons. The van der Waals surface area contributed by atoms with Gasteiger partial charge >= 0.3 is 6.09 Å². The quantitative estimate of drug-likeness (QED) is 0.534. The number of carbonyl (C=O) groups is 1. The molecule has 1 saturated heterocycles. The van der Waals surface area contributed by atoms with Crippen LogP contribution in [0.4, 0.5) is 4.79 Å². The van der Waals surface area contributed by atoms with E-state index in [1.807, 2.05) is 4.90 Å². The van der Waals surface area contributed by atoms with Gasteiger partial charge in [-0.2, -0.15) is 0 Å². The summed E-state index contributed by atoms with van der Waals surface area (Å²) in [6, 6.07) is 10.7. The third kappa shape index (κ3) is 7.56. The second-order valence-corrected chi connectivity index (χ2v) is 9.36. The lowest BCUT2D eigenvalue weighted by Gasteiger charge is -2.36. The third-order valence-corrected chi connectivity index (χ3v) is 6.11. The minimum Gasteiger partial charge on any atom is -0.443 e. The highest BCUT2D eigenvalue weighted by Crippen LogP contribution is 2.27. The molecule has 27 heavy (non-hydrogen) atoms. The van der Waals surface area contributed by atoms with E-state index in [1.54, 1.807) is 0 Å². The van der Waals surface area contributed by atoms with Gasteiger partial charge in [0.05, 0.1) is 0 Å². The summed E-state index contributed by atoms with van der Waals surface area (Å²) in [6.45, 7) is 12.6. The highest BCUT2D eigenvalue weighted by Gasteiger charge is 2.30. The largest absolute Gasteiger partial charge is 0.443 e. The van der Waals surface area contributed by atoms with Gasteiger partial charge < -0.3 is 9.64 Å². The maximum absolute atomic E-state index is 12.5. The maximum Gasteiger partial charge on any atom is 0.410 e. The third-order valence-electron chi connectivity index (χ3n) is 6.11. The Morgan fingerprint density at radius 3 is 2.33 bits per heavy atom. The smallest absolute Gasteiger partial charge is 0.410 e. The van der Waals surface area contributed by atoms with Gasteiger partial charge in [0, 0.05) is 13.1 Å². The van der Waals surface area contributed by atoms with Gasteiger partial charge in [-0.25, -0.2) is 4.79 Å². The number of ether oxygens (including phenoxy) is 1. The summed E-state index contributed by atoms with van der Waals surface area (Å²) in [6.07, 6.45) is 6.37. The second-order valence-electron chi connectivity index (χ2n) is 9.36. The SMILES string of the molecule is CC(C)C1CCN(C(=O)OC(C)(C)CC[C@H](C)CCc2ccccc2)CC1. The van der Waals surface area contributed by atoms with Crippen molar-refractivity contribution >= 4 is 6.09 Å². The highest BCUT2D eigenvalue weighted by molar-refractivity contribution is 5.68. The van der Waals surface area contributed by atoms with E-state index in [2.05, 4.69) is 65.0 Å². The van der Waals surface area contributed by atoms with Crippen molar-refractivity contribution in [3.63, 3.8) is 0 Å². The molecule has 0 bridgehead atoms. The van der Waals surface area contributed by atoms with Crippen molar-refractivity contribution in [2.45, 2.75) is 78.7 Å². The van der Waals surface area contributed by atoms with Gasteiger partial charge in [0.25, 0.3) is 0 Å². The molecule has 1 aliphatic rings. The number of likely N-dealkylation sites (tertiary alicyclic amines) is 1. The van der Waals surface area contributed by atoms with Crippen molar-refractivity contribution in [1.29, 1.82) is 0 Å². The molecular weight excluding hydrogens is 334 g/mol. The molecule has 1 amide bonds. The fourth-order valence-corrected chi connectivity index (χ4v) is 3.90. The zero-order chi connectivity index (χ0) is 19.9. The Morgan fingerprint density at radius 2 is 1.74 bits per heavy atom. The molecule has 1 fully saturated rings. The van der Waals surface area contributed by atoms with E-state index in [1.165, 1.54) is 12.0 Å². The molecule has 0 saturated carbocycles. The van der Waals surface area contributed by atoms with E-state index in [0.29, 0.717) is 11.8 Å². The minimum atomic E-state index is -0.396. The Balaban J connectivity index is 1.70. The van der Waals surface area contributed by atoms with Crippen molar-refractivity contribution in [3.05, 3.63) is 35.9 Å². The van der Waals surface area contributed by atoms with E-state index in [0.717, 1.165) is 51.1 Å². The maximum atomic E-state index is 12.5. The first kappa shape index (κ1) is 21.8. The van der Waals surface area contributed by atoms with Crippen LogP contribution in [0.15, 0.2) is 30.3 Å². The molecule has 0 N–H and O–H groups in total. The summed E-state index contributed by atoms with van der Waals surface area (Å²) in [4.78, 5) is 14.5. The molecule has 1 heterocycles. The van der Waals surface area contributed by atoms with Crippen molar-refractivity contribution in [1.82, 2.24) is 4.90 Å². The number of hydrogen-bond acceptors (Lipinski definition) is 2. The average Bonchev–Trinajstić information content (AvgIpc) is 2.65. The van der Waals surface area contributed by atoms with E-state index >= 15 is 0 Å². The Bertz CT molecular complexity index is 559. The Morgan fingerprint density at radius 1 is 1.11 bits per heavy atom. The molecular formula is C24H39NO2. The molecule has 0 aromatic heterocycles. The van der Waals surface area contributed by atoms with Crippen LogP contribution in [-0.2, 0) is 11.2 Å². The average molecular weight is 374 g/mol. The number of piperidine rings is 1. The van der Waals surface area contributed by atoms with Crippen LogP contribution in [0.1, 0.15) is 72.3 Å². The first-order chi connectivity index (χ1) is 12.8. The van der Waals surface area contributed by atoms with Crippen molar-refractivity contribution in [2.75, 3.05) is 13.1 Å². The number of amides is 1. The van der Waals surface area contributed by atoms with Crippen molar-refractivity contribution < 1.29 is 9.53 Å². The summed E-state index contributed by atoms with van der Waals surface area (Å²) in [7, 11) is 0. The van der Waals surface area contributed by atoms with Crippen molar-refractivity contribution in [2.24, 2.45) is 17.8 Å². The molecule has 1 aromatic rings.